The third-order valence-electron chi connectivity index (χ3n) is 3.69. The number of anilines is 1. The summed E-state index contributed by atoms with van der Waals surface area (Å²) in [5.74, 6) is -1.11. The van der Waals surface area contributed by atoms with Crippen molar-refractivity contribution in [3.8, 4) is 0 Å². The maximum absolute atomic E-state index is 12.2. The SMILES string of the molecule is O=C(CCn1c(=O)c(=O)[nH]c2cc(Cl)nc([N+](=O)[O-])c21)Nc1ccccc1. The van der Waals surface area contributed by atoms with Crippen molar-refractivity contribution in [1.82, 2.24) is 14.5 Å². The number of aromatic nitrogens is 3. The minimum atomic E-state index is -1.03. The number of fused-ring (bicyclic) bond motifs is 1. The van der Waals surface area contributed by atoms with Gasteiger partial charge in [-0.25, -0.2) is 0 Å². The zero-order valence-electron chi connectivity index (χ0n) is 13.6. The number of rotatable bonds is 5. The highest BCUT2D eigenvalue weighted by Crippen LogP contribution is 2.23. The van der Waals surface area contributed by atoms with Crippen LogP contribution >= 0.6 is 11.6 Å². The molecular formula is C16H12ClN5O5. The molecule has 3 aromatic rings. The van der Waals surface area contributed by atoms with E-state index < -0.39 is 27.8 Å². The zero-order valence-corrected chi connectivity index (χ0v) is 14.4. The number of hydrogen-bond acceptors (Lipinski definition) is 6. The lowest BCUT2D eigenvalue weighted by Gasteiger charge is -2.10. The maximum atomic E-state index is 12.2. The van der Waals surface area contributed by atoms with E-state index in [1.807, 2.05) is 0 Å². The number of benzene rings is 1. The second-order valence-electron chi connectivity index (χ2n) is 5.50. The fraction of sp³-hybridized carbons (Fsp3) is 0.125. The molecule has 0 saturated heterocycles. The second kappa shape index (κ2) is 7.38. The molecule has 0 radical (unpaired) electrons. The molecule has 0 aliphatic rings. The molecule has 0 aliphatic carbocycles. The van der Waals surface area contributed by atoms with Gasteiger partial charge < -0.3 is 20.4 Å². The molecule has 27 heavy (non-hydrogen) atoms. The fourth-order valence-electron chi connectivity index (χ4n) is 2.55. The predicted molar refractivity (Wildman–Crippen MR) is 98.0 cm³/mol. The zero-order chi connectivity index (χ0) is 19.6. The van der Waals surface area contributed by atoms with Gasteiger partial charge in [0.2, 0.25) is 11.1 Å². The van der Waals surface area contributed by atoms with E-state index in [0.29, 0.717) is 5.69 Å². The number of amides is 1. The van der Waals surface area contributed by atoms with E-state index in [4.69, 9.17) is 11.6 Å². The predicted octanol–water partition coefficient (Wildman–Crippen LogP) is 1.68. The lowest BCUT2D eigenvalue weighted by atomic mass is 10.3. The molecule has 0 saturated carbocycles. The van der Waals surface area contributed by atoms with Gasteiger partial charge in [-0.3, -0.25) is 19.0 Å². The fourth-order valence-corrected chi connectivity index (χ4v) is 2.74. The van der Waals surface area contributed by atoms with E-state index in [2.05, 4.69) is 15.3 Å². The van der Waals surface area contributed by atoms with E-state index in [9.17, 15) is 24.5 Å². The second-order valence-corrected chi connectivity index (χ2v) is 5.88. The Hall–Kier alpha value is -3.53. The minimum Gasteiger partial charge on any atom is -0.358 e. The topological polar surface area (TPSA) is 140 Å². The molecule has 10 nitrogen and oxygen atoms in total. The monoisotopic (exact) mass is 389 g/mol. The number of hydrogen-bond donors (Lipinski definition) is 2. The quantitative estimate of drug-likeness (QED) is 0.294. The largest absolute Gasteiger partial charge is 0.391 e. The summed E-state index contributed by atoms with van der Waals surface area (Å²) < 4.78 is 0.861. The molecule has 0 unspecified atom stereocenters. The van der Waals surface area contributed by atoms with Crippen molar-refractivity contribution in [2.24, 2.45) is 0 Å². The van der Waals surface area contributed by atoms with E-state index in [-0.39, 0.29) is 29.2 Å². The van der Waals surface area contributed by atoms with Crippen LogP contribution in [0.15, 0.2) is 46.0 Å². The van der Waals surface area contributed by atoms with Crippen molar-refractivity contribution in [2.45, 2.75) is 13.0 Å². The van der Waals surface area contributed by atoms with Gasteiger partial charge in [0.05, 0.1) is 5.52 Å². The molecule has 2 heterocycles. The van der Waals surface area contributed by atoms with Crippen molar-refractivity contribution < 1.29 is 9.72 Å². The van der Waals surface area contributed by atoms with Gasteiger partial charge in [-0.05, 0) is 33.6 Å². The third-order valence-corrected chi connectivity index (χ3v) is 3.89. The highest BCUT2D eigenvalue weighted by Gasteiger charge is 2.22. The molecule has 0 atom stereocenters. The first-order valence-electron chi connectivity index (χ1n) is 7.69. The lowest BCUT2D eigenvalue weighted by molar-refractivity contribution is -0.387. The molecule has 0 spiro atoms. The van der Waals surface area contributed by atoms with Crippen LogP contribution in [-0.2, 0) is 11.3 Å². The van der Waals surface area contributed by atoms with Crippen molar-refractivity contribution in [3.05, 3.63) is 72.4 Å². The van der Waals surface area contributed by atoms with Crippen LogP contribution in [0, 0.1) is 10.1 Å². The molecule has 0 aliphatic heterocycles. The van der Waals surface area contributed by atoms with Crippen molar-refractivity contribution in [1.29, 1.82) is 0 Å². The molecule has 138 valence electrons. The number of nitrogens with one attached hydrogen (secondary N) is 2. The normalized spacial score (nSPS) is 10.7. The van der Waals surface area contributed by atoms with Crippen LogP contribution < -0.4 is 16.4 Å². The number of nitrogens with zero attached hydrogens (tertiary/aromatic N) is 3. The Morgan fingerprint density at radius 3 is 2.67 bits per heavy atom. The molecule has 3 rings (SSSR count). The Balaban J connectivity index is 1.99. The summed E-state index contributed by atoms with van der Waals surface area (Å²) in [5, 5.41) is 13.7. The number of carbonyl (C=O) groups excluding carboxylic acids is 1. The molecule has 0 bridgehead atoms. The van der Waals surface area contributed by atoms with Crippen molar-refractivity contribution >= 4 is 40.0 Å². The number of para-hydroxylation sites is 1. The number of halogens is 1. The van der Waals surface area contributed by atoms with Crippen LogP contribution in [0.1, 0.15) is 6.42 Å². The highest BCUT2D eigenvalue weighted by molar-refractivity contribution is 6.30. The van der Waals surface area contributed by atoms with Crippen LogP contribution in [0.3, 0.4) is 0 Å². The van der Waals surface area contributed by atoms with E-state index in [1.54, 1.807) is 30.3 Å². The Bertz CT molecular complexity index is 1160. The number of carbonyl (C=O) groups is 1. The third kappa shape index (κ3) is 3.85. The van der Waals surface area contributed by atoms with E-state index in [1.165, 1.54) is 6.07 Å². The van der Waals surface area contributed by atoms with E-state index in [0.717, 1.165) is 4.57 Å². The number of aromatic amines is 1. The van der Waals surface area contributed by atoms with Gasteiger partial charge in [0, 0.05) is 24.7 Å². The van der Waals surface area contributed by atoms with Crippen molar-refractivity contribution in [2.75, 3.05) is 5.32 Å². The van der Waals surface area contributed by atoms with Crippen LogP contribution in [0.25, 0.3) is 11.0 Å². The Kier molecular flexibility index (Phi) is 4.99. The van der Waals surface area contributed by atoms with Gasteiger partial charge in [0.25, 0.3) is 0 Å². The maximum Gasteiger partial charge on any atom is 0.391 e. The van der Waals surface area contributed by atoms with Gasteiger partial charge >= 0.3 is 16.9 Å². The number of H-pyrrole nitrogens is 1. The summed E-state index contributed by atoms with van der Waals surface area (Å²) in [5.41, 5.74) is -1.67. The minimum absolute atomic E-state index is 0.0187. The van der Waals surface area contributed by atoms with Crippen LogP contribution in [0.5, 0.6) is 0 Å². The summed E-state index contributed by atoms with van der Waals surface area (Å²) in [4.78, 5) is 52.5. The van der Waals surface area contributed by atoms with Gasteiger partial charge in [0.1, 0.15) is 0 Å². The molecular weight excluding hydrogens is 378 g/mol. The summed E-state index contributed by atoms with van der Waals surface area (Å²) in [6.07, 6.45) is -0.187. The summed E-state index contributed by atoms with van der Waals surface area (Å²) in [6.45, 7) is -0.248. The average molecular weight is 390 g/mol. The summed E-state index contributed by atoms with van der Waals surface area (Å²) in [7, 11) is 0. The van der Waals surface area contributed by atoms with Crippen LogP contribution in [0.2, 0.25) is 5.15 Å². The number of nitro groups is 1. The van der Waals surface area contributed by atoms with Crippen LogP contribution in [0.4, 0.5) is 11.5 Å². The summed E-state index contributed by atoms with van der Waals surface area (Å²) >= 11 is 5.74. The first-order chi connectivity index (χ1) is 12.9. The molecule has 2 aromatic heterocycles. The van der Waals surface area contributed by atoms with Crippen LogP contribution in [-0.4, -0.2) is 25.4 Å². The van der Waals surface area contributed by atoms with Gasteiger partial charge in [-0.2, -0.15) is 0 Å². The Morgan fingerprint density at radius 2 is 2.00 bits per heavy atom. The van der Waals surface area contributed by atoms with Gasteiger partial charge in [-0.15, -0.1) is 0 Å². The smallest absolute Gasteiger partial charge is 0.358 e. The molecule has 1 aromatic carbocycles. The molecule has 11 heteroatoms. The lowest BCUT2D eigenvalue weighted by Crippen LogP contribution is -2.37. The molecule has 1 amide bonds. The molecule has 0 fully saturated rings. The standard InChI is InChI=1S/C16H12ClN5O5/c17-11-8-10-13(14(20-11)22(26)27)21(16(25)15(24)19-10)7-6-12(23)18-9-4-2-1-3-5-9/h1-5,8H,6-7H2,(H,18,23)(H,19,24). The average Bonchev–Trinajstić information content (AvgIpc) is 2.62. The first kappa shape index (κ1) is 18.3. The van der Waals surface area contributed by atoms with E-state index >= 15 is 0 Å². The number of aryl methyl sites for hydroxylation is 1. The first-order valence-corrected chi connectivity index (χ1v) is 8.07. The van der Waals surface area contributed by atoms with Crippen molar-refractivity contribution in [3.63, 3.8) is 0 Å². The number of pyridine rings is 1. The Labute approximate surface area is 155 Å². The molecule has 2 N–H and O–H groups in total. The van der Waals surface area contributed by atoms with Gasteiger partial charge in [-0.1, -0.05) is 18.2 Å². The van der Waals surface area contributed by atoms with Gasteiger partial charge in [0.15, 0.2) is 5.52 Å². The Morgan fingerprint density at radius 1 is 1.30 bits per heavy atom. The summed E-state index contributed by atoms with van der Waals surface area (Å²) in [6, 6.07) is 9.83. The highest BCUT2D eigenvalue weighted by atomic mass is 35.5.